The number of methoxy groups -OCH3 is 1. The molecule has 0 fully saturated rings. The van der Waals surface area contributed by atoms with E-state index >= 15 is 0 Å². The second-order valence-corrected chi connectivity index (χ2v) is 7.99. The first-order valence-electron chi connectivity index (χ1n) is 11.2. The fraction of sp³-hybridized carbons (Fsp3) is 0.179. The van der Waals surface area contributed by atoms with Gasteiger partial charge in [0, 0.05) is 24.7 Å². The van der Waals surface area contributed by atoms with E-state index in [1.54, 1.807) is 24.4 Å². The van der Waals surface area contributed by atoms with Gasteiger partial charge in [0.25, 0.3) is 0 Å². The number of likely N-dealkylation sites (N-methyl/N-ethyl adjacent to an activating group) is 1. The van der Waals surface area contributed by atoms with Gasteiger partial charge in [0.2, 0.25) is 0 Å². The summed E-state index contributed by atoms with van der Waals surface area (Å²) in [6, 6.07) is 26.9. The number of nitrogens with zero attached hydrogens (tertiary/aromatic N) is 3. The highest BCUT2D eigenvalue weighted by Gasteiger charge is 2.17. The average Bonchev–Trinajstić information content (AvgIpc) is 2.92. The van der Waals surface area contributed by atoms with Crippen molar-refractivity contribution in [3.8, 4) is 28.3 Å². The van der Waals surface area contributed by atoms with Crippen LogP contribution in [0.25, 0.3) is 22.5 Å². The topological polar surface area (TPSA) is 84.8 Å². The molecule has 0 aliphatic heterocycles. The molecule has 0 radical (unpaired) electrons. The number of benzene rings is 3. The van der Waals surface area contributed by atoms with Crippen molar-refractivity contribution < 1.29 is 19.4 Å². The number of hydrogen-bond acceptors (Lipinski definition) is 7. The number of anilines is 1. The molecule has 4 aromatic rings. The lowest BCUT2D eigenvalue weighted by molar-refractivity contribution is -0.142. The summed E-state index contributed by atoms with van der Waals surface area (Å²) in [6.07, 6.45) is 0.912. The van der Waals surface area contributed by atoms with Gasteiger partial charge in [-0.1, -0.05) is 72.8 Å². The zero-order valence-corrected chi connectivity index (χ0v) is 19.7. The second-order valence-electron chi connectivity index (χ2n) is 7.99. The molecular weight excluding hydrogens is 442 g/mol. The largest absolute Gasteiger partial charge is 0.482 e. The molecule has 35 heavy (non-hydrogen) atoms. The van der Waals surface area contributed by atoms with Gasteiger partial charge in [0.1, 0.15) is 11.6 Å². The lowest BCUT2D eigenvalue weighted by Crippen LogP contribution is -2.25. The molecule has 1 aromatic heterocycles. The van der Waals surface area contributed by atoms with Crippen LogP contribution in [0.4, 0.5) is 5.82 Å². The van der Waals surface area contributed by atoms with Gasteiger partial charge >= 0.3 is 5.97 Å². The normalized spacial score (nSPS) is 11.5. The highest BCUT2D eigenvalue weighted by Crippen LogP contribution is 2.30. The number of esters is 1. The van der Waals surface area contributed by atoms with Gasteiger partial charge in [-0.2, -0.15) is 0 Å². The SMILES string of the molecule is COC(=O)COc1cccc(C(O)CN(C)c2cnc(-c3ccccc3)c(-c3ccccc3)n2)c1. The van der Waals surface area contributed by atoms with Crippen molar-refractivity contribution in [2.45, 2.75) is 6.10 Å². The minimum atomic E-state index is -0.808. The molecule has 7 heteroatoms. The predicted octanol–water partition coefficient (Wildman–Crippen LogP) is 4.53. The third-order valence-corrected chi connectivity index (χ3v) is 5.52. The maximum absolute atomic E-state index is 11.3. The second kappa shape index (κ2) is 11.3. The average molecular weight is 470 g/mol. The molecule has 1 atom stereocenters. The Kier molecular flexibility index (Phi) is 7.70. The number of aliphatic hydroxyl groups excluding tert-OH is 1. The Labute approximate surface area is 204 Å². The van der Waals surface area contributed by atoms with Gasteiger partial charge in [0.05, 0.1) is 30.8 Å². The number of carbonyl (C=O) groups excluding carboxylic acids is 1. The Morgan fingerprint density at radius 2 is 1.60 bits per heavy atom. The summed E-state index contributed by atoms with van der Waals surface area (Å²) < 4.78 is 10.0. The molecule has 7 nitrogen and oxygen atoms in total. The fourth-order valence-corrected chi connectivity index (χ4v) is 3.64. The van der Waals surface area contributed by atoms with E-state index in [0.29, 0.717) is 17.1 Å². The van der Waals surface area contributed by atoms with Gasteiger partial charge in [-0.25, -0.2) is 9.78 Å². The van der Waals surface area contributed by atoms with Crippen LogP contribution >= 0.6 is 0 Å². The Morgan fingerprint density at radius 3 is 2.26 bits per heavy atom. The van der Waals surface area contributed by atoms with Crippen molar-refractivity contribution in [2.75, 3.05) is 32.2 Å². The van der Waals surface area contributed by atoms with Crippen LogP contribution in [0.3, 0.4) is 0 Å². The summed E-state index contributed by atoms with van der Waals surface area (Å²) in [7, 11) is 3.17. The van der Waals surface area contributed by atoms with E-state index in [9.17, 15) is 9.90 Å². The fourth-order valence-electron chi connectivity index (χ4n) is 3.64. The standard InChI is InChI=1S/C28H27N3O4/c1-31(18-24(32)22-14-9-15-23(16-22)35-19-26(33)34-2)25-17-29-27(20-10-5-3-6-11-20)28(30-25)21-12-7-4-8-13-21/h3-17,24,32H,18-19H2,1-2H3. The van der Waals surface area contributed by atoms with Crippen molar-refractivity contribution >= 4 is 11.8 Å². The van der Waals surface area contributed by atoms with Crippen LogP contribution in [0.15, 0.2) is 91.1 Å². The molecule has 3 aromatic carbocycles. The highest BCUT2D eigenvalue weighted by atomic mass is 16.6. The van der Waals surface area contributed by atoms with Crippen molar-refractivity contribution in [1.82, 2.24) is 9.97 Å². The van der Waals surface area contributed by atoms with Gasteiger partial charge in [-0.05, 0) is 17.7 Å². The van der Waals surface area contributed by atoms with E-state index in [0.717, 1.165) is 22.5 Å². The molecule has 0 saturated carbocycles. The summed E-state index contributed by atoms with van der Waals surface area (Å²) in [5.74, 6) is 0.649. The Balaban J connectivity index is 1.56. The van der Waals surface area contributed by atoms with Crippen LogP contribution in [0.1, 0.15) is 11.7 Å². The summed E-state index contributed by atoms with van der Waals surface area (Å²) in [4.78, 5) is 22.9. The van der Waals surface area contributed by atoms with E-state index in [1.807, 2.05) is 78.7 Å². The first-order chi connectivity index (χ1) is 17.0. The quantitative estimate of drug-likeness (QED) is 0.361. The lowest BCUT2D eigenvalue weighted by Gasteiger charge is -2.23. The molecule has 1 N–H and O–H groups in total. The van der Waals surface area contributed by atoms with Crippen molar-refractivity contribution in [2.24, 2.45) is 0 Å². The minimum absolute atomic E-state index is 0.193. The lowest BCUT2D eigenvalue weighted by atomic mass is 10.0. The molecule has 1 unspecified atom stereocenters. The van der Waals surface area contributed by atoms with E-state index < -0.39 is 12.1 Å². The zero-order chi connectivity index (χ0) is 24.6. The van der Waals surface area contributed by atoms with Crippen LogP contribution in [0.2, 0.25) is 0 Å². The molecule has 0 aliphatic carbocycles. The minimum Gasteiger partial charge on any atom is -0.482 e. The van der Waals surface area contributed by atoms with Gasteiger partial charge in [-0.15, -0.1) is 0 Å². The molecule has 1 heterocycles. The maximum Gasteiger partial charge on any atom is 0.343 e. The van der Waals surface area contributed by atoms with Crippen LogP contribution in [0, 0.1) is 0 Å². The van der Waals surface area contributed by atoms with Gasteiger partial charge in [0.15, 0.2) is 6.61 Å². The molecule has 0 aliphatic rings. The van der Waals surface area contributed by atoms with Crippen LogP contribution in [-0.2, 0) is 9.53 Å². The number of hydrogen-bond donors (Lipinski definition) is 1. The monoisotopic (exact) mass is 469 g/mol. The highest BCUT2D eigenvalue weighted by molar-refractivity contribution is 5.78. The number of ether oxygens (including phenoxy) is 2. The molecule has 0 spiro atoms. The summed E-state index contributed by atoms with van der Waals surface area (Å²) in [5.41, 5.74) is 4.18. The molecular formula is C28H27N3O4. The van der Waals surface area contributed by atoms with Crippen molar-refractivity contribution in [3.63, 3.8) is 0 Å². The Bertz CT molecular complexity index is 1270. The van der Waals surface area contributed by atoms with Gasteiger partial charge < -0.3 is 19.5 Å². The molecule has 0 saturated heterocycles. The number of carbonyl (C=O) groups is 1. The van der Waals surface area contributed by atoms with E-state index in [1.165, 1.54) is 7.11 Å². The smallest absolute Gasteiger partial charge is 0.343 e. The first kappa shape index (κ1) is 23.9. The maximum atomic E-state index is 11.3. The summed E-state index contributed by atoms with van der Waals surface area (Å²) in [6.45, 7) is 0.0929. The molecule has 0 amide bonds. The third kappa shape index (κ3) is 6.02. The molecule has 178 valence electrons. The summed E-state index contributed by atoms with van der Waals surface area (Å²) >= 11 is 0. The van der Waals surface area contributed by atoms with Crippen molar-refractivity contribution in [3.05, 3.63) is 96.7 Å². The zero-order valence-electron chi connectivity index (χ0n) is 19.7. The van der Waals surface area contributed by atoms with E-state index in [-0.39, 0.29) is 13.2 Å². The van der Waals surface area contributed by atoms with Crippen LogP contribution in [0.5, 0.6) is 5.75 Å². The number of rotatable bonds is 9. The third-order valence-electron chi connectivity index (χ3n) is 5.52. The van der Waals surface area contributed by atoms with Crippen LogP contribution < -0.4 is 9.64 Å². The molecule has 4 rings (SSSR count). The van der Waals surface area contributed by atoms with E-state index in [2.05, 4.69) is 4.74 Å². The summed E-state index contributed by atoms with van der Waals surface area (Å²) in [5, 5.41) is 10.9. The number of aromatic nitrogens is 2. The van der Waals surface area contributed by atoms with Crippen LogP contribution in [-0.4, -0.2) is 48.4 Å². The predicted molar refractivity (Wildman–Crippen MR) is 135 cm³/mol. The first-order valence-corrected chi connectivity index (χ1v) is 11.2. The van der Waals surface area contributed by atoms with Gasteiger partial charge in [-0.3, -0.25) is 4.98 Å². The van der Waals surface area contributed by atoms with Crippen molar-refractivity contribution in [1.29, 1.82) is 0 Å². The van der Waals surface area contributed by atoms with E-state index in [4.69, 9.17) is 14.7 Å². The Morgan fingerprint density at radius 1 is 0.943 bits per heavy atom. The molecule has 0 bridgehead atoms. The number of aliphatic hydroxyl groups is 1. The Hall–Kier alpha value is -4.23.